The van der Waals surface area contributed by atoms with Crippen molar-refractivity contribution >= 4 is 55.3 Å². The molecule has 294 valence electrons. The summed E-state index contributed by atoms with van der Waals surface area (Å²) in [5, 5.41) is 7.86. The number of ether oxygens (including phenoxy) is 3. The molecule has 0 fully saturated rings. The van der Waals surface area contributed by atoms with Crippen LogP contribution in [-0.4, -0.2) is 59.9 Å². The molecule has 6 rings (SSSR count). The third-order valence-corrected chi connectivity index (χ3v) is 10.1. The summed E-state index contributed by atoms with van der Waals surface area (Å²) in [4.78, 5) is 33.1. The minimum absolute atomic E-state index is 0.0144. The number of alkyl carbamates (subject to hydrolysis) is 1. The summed E-state index contributed by atoms with van der Waals surface area (Å²) in [6.45, 7) is 4.88. The summed E-state index contributed by atoms with van der Waals surface area (Å²) in [5.41, 5.74) is -0.175. The largest absolute Gasteiger partial charge is 0.497 e. The minimum Gasteiger partial charge on any atom is -0.497 e. The molecule has 0 aliphatic rings. The monoisotopic (exact) mass is 808 g/mol. The molecule has 1 unspecified atom stereocenters. The number of hydrogen-bond donors (Lipinski definition) is 1. The standard InChI is InChI=1S/C39H39ClF2N6O7S/c1-39(2,3)55-38(50)44-31(18-23-16-24(41)19-25(42)17-23)35-43-30-20-27(54-6)12-13-28(30)37(49)48(35)32-15-14-29(40)33-34(32)46(4)45-36(33)47(56(7,51)52)21-22-8-10-26(53-5)11-9-22/h8-17,19-20,31H,18,21H2,1-7H3,(H,44,50). The molecule has 0 radical (unpaired) electrons. The van der Waals surface area contributed by atoms with E-state index >= 15 is 0 Å². The number of amides is 1. The molecule has 1 atom stereocenters. The number of anilines is 1. The Kier molecular flexibility index (Phi) is 11.0. The first kappa shape index (κ1) is 39.9. The van der Waals surface area contributed by atoms with Crippen molar-refractivity contribution in [2.75, 3.05) is 24.8 Å². The Morgan fingerprint density at radius 2 is 1.59 bits per heavy atom. The van der Waals surface area contributed by atoms with E-state index in [-0.39, 0.29) is 62.7 Å². The summed E-state index contributed by atoms with van der Waals surface area (Å²) >= 11 is 6.86. The summed E-state index contributed by atoms with van der Waals surface area (Å²) in [5.74, 6) is -0.801. The van der Waals surface area contributed by atoms with Crippen LogP contribution >= 0.6 is 11.6 Å². The Bertz CT molecular complexity index is 2620. The molecule has 2 heterocycles. The molecule has 0 saturated heterocycles. The lowest BCUT2D eigenvalue weighted by Gasteiger charge is -2.26. The smallest absolute Gasteiger partial charge is 0.408 e. The molecule has 0 saturated carbocycles. The van der Waals surface area contributed by atoms with E-state index in [0.717, 1.165) is 28.8 Å². The number of sulfonamides is 1. The van der Waals surface area contributed by atoms with Gasteiger partial charge in [0.2, 0.25) is 10.0 Å². The van der Waals surface area contributed by atoms with Crippen molar-refractivity contribution in [2.45, 2.75) is 45.4 Å². The average molecular weight is 809 g/mol. The molecule has 17 heteroatoms. The third-order valence-electron chi connectivity index (χ3n) is 8.73. The molecule has 1 amide bonds. The highest BCUT2D eigenvalue weighted by Gasteiger charge is 2.31. The number of halogens is 3. The number of aromatic nitrogens is 4. The van der Waals surface area contributed by atoms with E-state index in [9.17, 15) is 26.8 Å². The van der Waals surface area contributed by atoms with Crippen molar-refractivity contribution in [1.82, 2.24) is 24.6 Å². The normalized spacial score (nSPS) is 12.5. The molecule has 0 bridgehead atoms. The van der Waals surface area contributed by atoms with Gasteiger partial charge in [0.05, 0.1) is 65.6 Å². The number of fused-ring (bicyclic) bond motifs is 2. The first-order valence-electron chi connectivity index (χ1n) is 17.2. The van der Waals surface area contributed by atoms with Gasteiger partial charge in [-0.3, -0.25) is 14.0 Å². The molecule has 6 aromatic rings. The van der Waals surface area contributed by atoms with Crippen LogP contribution in [0.5, 0.6) is 11.5 Å². The average Bonchev–Trinajstić information content (AvgIpc) is 3.46. The van der Waals surface area contributed by atoms with E-state index in [1.165, 1.54) is 35.6 Å². The second-order valence-electron chi connectivity index (χ2n) is 14.0. The predicted molar refractivity (Wildman–Crippen MR) is 209 cm³/mol. The van der Waals surface area contributed by atoms with E-state index in [1.54, 1.807) is 70.3 Å². The second kappa shape index (κ2) is 15.4. The van der Waals surface area contributed by atoms with Crippen LogP contribution in [0.25, 0.3) is 27.5 Å². The van der Waals surface area contributed by atoms with Gasteiger partial charge in [0.25, 0.3) is 5.56 Å². The summed E-state index contributed by atoms with van der Waals surface area (Å²) in [7, 11) is 0.550. The van der Waals surface area contributed by atoms with Crippen molar-refractivity contribution in [2.24, 2.45) is 7.05 Å². The summed E-state index contributed by atoms with van der Waals surface area (Å²) in [6.07, 6.45) is -0.0917. The Morgan fingerprint density at radius 3 is 2.20 bits per heavy atom. The Hall–Kier alpha value is -5.74. The van der Waals surface area contributed by atoms with Crippen molar-refractivity contribution < 1.29 is 36.2 Å². The van der Waals surface area contributed by atoms with E-state index in [0.29, 0.717) is 17.1 Å². The van der Waals surface area contributed by atoms with Crippen LogP contribution in [0, 0.1) is 11.6 Å². The number of nitrogens with zero attached hydrogens (tertiary/aromatic N) is 5. The molecule has 13 nitrogen and oxygen atoms in total. The van der Waals surface area contributed by atoms with Crippen LogP contribution in [0.1, 0.15) is 43.8 Å². The highest BCUT2D eigenvalue weighted by molar-refractivity contribution is 7.92. The lowest BCUT2D eigenvalue weighted by Crippen LogP contribution is -2.39. The van der Waals surface area contributed by atoms with Gasteiger partial charge >= 0.3 is 6.09 Å². The molecular weight excluding hydrogens is 770 g/mol. The topological polar surface area (TPSA) is 147 Å². The molecule has 56 heavy (non-hydrogen) atoms. The summed E-state index contributed by atoms with van der Waals surface area (Å²) in [6, 6.07) is 16.2. The van der Waals surface area contributed by atoms with Gasteiger partial charge in [0.1, 0.15) is 34.6 Å². The van der Waals surface area contributed by atoms with Gasteiger partial charge < -0.3 is 19.5 Å². The van der Waals surface area contributed by atoms with Gasteiger partial charge in [-0.1, -0.05) is 23.7 Å². The van der Waals surface area contributed by atoms with E-state index < -0.39 is 45.0 Å². The summed E-state index contributed by atoms with van der Waals surface area (Å²) < 4.78 is 75.9. The van der Waals surface area contributed by atoms with Gasteiger partial charge in [0.15, 0.2) is 5.82 Å². The van der Waals surface area contributed by atoms with Crippen LogP contribution in [0.3, 0.4) is 0 Å². The predicted octanol–water partition coefficient (Wildman–Crippen LogP) is 7.00. The fourth-order valence-electron chi connectivity index (χ4n) is 6.34. The molecule has 4 aromatic carbocycles. The van der Waals surface area contributed by atoms with E-state index in [2.05, 4.69) is 10.4 Å². The van der Waals surface area contributed by atoms with Gasteiger partial charge in [-0.15, -0.1) is 0 Å². The lowest BCUT2D eigenvalue weighted by molar-refractivity contribution is 0.0500. The molecule has 0 aliphatic carbocycles. The number of rotatable bonds is 11. The molecule has 0 spiro atoms. The number of aryl methyl sites for hydroxylation is 1. The Balaban J connectivity index is 1.64. The van der Waals surface area contributed by atoms with Gasteiger partial charge in [-0.05, 0) is 80.4 Å². The number of hydrogen-bond acceptors (Lipinski definition) is 9. The quantitative estimate of drug-likeness (QED) is 0.146. The van der Waals surface area contributed by atoms with Crippen LogP contribution in [-0.2, 0) is 34.8 Å². The van der Waals surface area contributed by atoms with Gasteiger partial charge in [0, 0.05) is 25.6 Å². The van der Waals surface area contributed by atoms with Crippen LogP contribution < -0.4 is 24.7 Å². The number of benzene rings is 4. The van der Waals surface area contributed by atoms with E-state index in [1.807, 2.05) is 0 Å². The fourth-order valence-corrected chi connectivity index (χ4v) is 7.40. The Morgan fingerprint density at radius 1 is 0.946 bits per heavy atom. The van der Waals surface area contributed by atoms with Gasteiger partial charge in [-0.2, -0.15) is 5.10 Å². The highest BCUT2D eigenvalue weighted by Crippen LogP contribution is 2.38. The maximum absolute atomic E-state index is 14.8. The second-order valence-corrected chi connectivity index (χ2v) is 16.3. The lowest BCUT2D eigenvalue weighted by atomic mass is 10.0. The van der Waals surface area contributed by atoms with Crippen molar-refractivity contribution in [1.29, 1.82) is 0 Å². The molecule has 1 N–H and O–H groups in total. The number of methoxy groups -OCH3 is 2. The first-order valence-corrected chi connectivity index (χ1v) is 19.4. The zero-order chi connectivity index (χ0) is 40.7. The van der Waals surface area contributed by atoms with Crippen molar-refractivity contribution in [3.63, 3.8) is 0 Å². The first-order chi connectivity index (χ1) is 26.4. The molecule has 0 aliphatic heterocycles. The van der Waals surface area contributed by atoms with Crippen molar-refractivity contribution in [3.05, 3.63) is 117 Å². The van der Waals surface area contributed by atoms with Crippen LogP contribution in [0.2, 0.25) is 5.02 Å². The SMILES string of the molecule is COc1ccc(CN(c2nn(C)c3c(-n4c(C(Cc5cc(F)cc(F)c5)NC(=O)OC(C)(C)C)nc5cc(OC)ccc5c4=O)ccc(Cl)c23)S(C)(=O)=O)cc1. The zero-order valence-electron chi connectivity index (χ0n) is 31.6. The van der Waals surface area contributed by atoms with Crippen LogP contribution in [0.4, 0.5) is 19.4 Å². The maximum atomic E-state index is 14.8. The third kappa shape index (κ3) is 8.40. The highest BCUT2D eigenvalue weighted by atomic mass is 35.5. The minimum atomic E-state index is -3.99. The molecule has 2 aromatic heterocycles. The van der Waals surface area contributed by atoms with Crippen LogP contribution in [0.15, 0.2) is 77.6 Å². The maximum Gasteiger partial charge on any atom is 0.408 e. The Labute approximate surface area is 326 Å². The number of carbonyl (C=O) groups is 1. The number of nitrogens with one attached hydrogen (secondary N) is 1. The fraction of sp³-hybridized carbons (Fsp3) is 0.282. The van der Waals surface area contributed by atoms with Gasteiger partial charge in [-0.25, -0.2) is 31.3 Å². The van der Waals surface area contributed by atoms with E-state index in [4.69, 9.17) is 30.8 Å². The number of carbonyl (C=O) groups excluding carboxylic acids is 1. The van der Waals surface area contributed by atoms with Crippen molar-refractivity contribution in [3.8, 4) is 17.2 Å². The zero-order valence-corrected chi connectivity index (χ0v) is 33.1. The molecular formula is C39H39ClF2N6O7S.